The third-order valence-electron chi connectivity index (χ3n) is 6.73. The zero-order chi connectivity index (χ0) is 35.8. The number of carbonyl (C=O) groups is 4. The number of imidazole rings is 1. The van der Waals surface area contributed by atoms with Gasteiger partial charge in [0.05, 0.1) is 12.9 Å². The van der Waals surface area contributed by atoms with Gasteiger partial charge in [-0.25, -0.2) is 19.4 Å². The molecule has 2 aromatic heterocycles. The van der Waals surface area contributed by atoms with Gasteiger partial charge in [0.1, 0.15) is 26.4 Å². The van der Waals surface area contributed by atoms with Crippen molar-refractivity contribution in [2.75, 3.05) is 23.7 Å². The first kappa shape index (κ1) is 35.3. The molecule has 5 rings (SSSR count). The standard InChI is InChI=1S/C34H33N9O8/c44-26(45)18-43-22-37-27-28(39-32(46)49-19-23-10-4-1-5-11-23)38-30(40-29(27)43)35-16-17-36-31(41-33(47)50-20-24-12-6-2-7-13-24)42-34(48)51-21-25-14-8-3-9-15-25/h1-15,22H,16-21H2,(H,44,45)(H2,35,38,39,40,46)(H2,36,41,42,47,48). The molecule has 2 heterocycles. The van der Waals surface area contributed by atoms with E-state index in [0.717, 1.165) is 16.7 Å². The third kappa shape index (κ3) is 11.3. The van der Waals surface area contributed by atoms with Crippen LogP contribution in [-0.2, 0) is 45.4 Å². The number of nitrogens with one attached hydrogen (secondary N) is 4. The maximum absolute atomic E-state index is 12.6. The number of ether oxygens (including phenoxy) is 3. The summed E-state index contributed by atoms with van der Waals surface area (Å²) in [4.78, 5) is 66.3. The van der Waals surface area contributed by atoms with E-state index < -0.39 is 30.8 Å². The number of aliphatic imine (C=N–C) groups is 1. The van der Waals surface area contributed by atoms with Gasteiger partial charge < -0.3 is 29.2 Å². The van der Waals surface area contributed by atoms with Crippen molar-refractivity contribution in [2.24, 2.45) is 4.99 Å². The smallest absolute Gasteiger partial charge is 0.414 e. The van der Waals surface area contributed by atoms with Crippen LogP contribution in [0.4, 0.5) is 26.1 Å². The molecule has 3 amide bonds. The van der Waals surface area contributed by atoms with Gasteiger partial charge in [0.2, 0.25) is 11.9 Å². The van der Waals surface area contributed by atoms with Crippen molar-refractivity contribution >= 4 is 53.1 Å². The number of carbonyl (C=O) groups excluding carboxylic acids is 3. The van der Waals surface area contributed by atoms with Gasteiger partial charge >= 0.3 is 24.2 Å². The Balaban J connectivity index is 1.25. The first-order valence-electron chi connectivity index (χ1n) is 15.5. The monoisotopic (exact) mass is 695 g/mol. The van der Waals surface area contributed by atoms with Gasteiger partial charge in [0.15, 0.2) is 17.0 Å². The summed E-state index contributed by atoms with van der Waals surface area (Å²) in [6.07, 6.45) is -1.30. The van der Waals surface area contributed by atoms with Gasteiger partial charge in [0.25, 0.3) is 0 Å². The highest BCUT2D eigenvalue weighted by Crippen LogP contribution is 2.21. The normalized spacial score (nSPS) is 10.4. The maximum atomic E-state index is 12.6. The molecule has 5 N–H and O–H groups in total. The molecule has 0 fully saturated rings. The number of benzene rings is 3. The quantitative estimate of drug-likeness (QED) is 0.0504. The van der Waals surface area contributed by atoms with Crippen LogP contribution in [0.25, 0.3) is 11.2 Å². The Bertz CT molecular complexity index is 1910. The second-order valence-electron chi connectivity index (χ2n) is 10.6. The summed E-state index contributed by atoms with van der Waals surface area (Å²) in [5.74, 6) is -1.41. The lowest BCUT2D eigenvalue weighted by molar-refractivity contribution is -0.137. The van der Waals surface area contributed by atoms with Gasteiger partial charge in [-0.15, -0.1) is 0 Å². The molecule has 0 saturated heterocycles. The molecule has 0 radical (unpaired) electrons. The number of fused-ring (bicyclic) bond motifs is 1. The highest BCUT2D eigenvalue weighted by Gasteiger charge is 2.18. The number of nitrogens with zero attached hydrogens (tertiary/aromatic N) is 5. The van der Waals surface area contributed by atoms with Crippen LogP contribution in [0.5, 0.6) is 0 Å². The van der Waals surface area contributed by atoms with Crippen LogP contribution in [-0.4, -0.2) is 67.9 Å². The lowest BCUT2D eigenvalue weighted by Gasteiger charge is -2.12. The topological polar surface area (TPSA) is 220 Å². The average molecular weight is 696 g/mol. The summed E-state index contributed by atoms with van der Waals surface area (Å²) in [7, 11) is 0. The van der Waals surface area contributed by atoms with E-state index in [0.29, 0.717) is 0 Å². The summed E-state index contributed by atoms with van der Waals surface area (Å²) in [5.41, 5.74) is 2.54. The minimum absolute atomic E-state index is 0.00145. The Hall–Kier alpha value is -7.04. The highest BCUT2D eigenvalue weighted by molar-refractivity contribution is 6.01. The van der Waals surface area contributed by atoms with E-state index in [9.17, 15) is 24.3 Å². The summed E-state index contributed by atoms with van der Waals surface area (Å²) >= 11 is 0. The lowest BCUT2D eigenvalue weighted by Crippen LogP contribution is -2.44. The average Bonchev–Trinajstić information content (AvgIpc) is 3.54. The molecule has 0 aliphatic carbocycles. The highest BCUT2D eigenvalue weighted by atomic mass is 16.6. The molecule has 17 heteroatoms. The van der Waals surface area contributed by atoms with Crippen molar-refractivity contribution in [2.45, 2.75) is 26.4 Å². The van der Waals surface area contributed by atoms with Gasteiger partial charge in [-0.05, 0) is 16.7 Å². The molecule has 3 aromatic carbocycles. The zero-order valence-electron chi connectivity index (χ0n) is 27.0. The Kier molecular flexibility index (Phi) is 12.4. The van der Waals surface area contributed by atoms with Crippen LogP contribution < -0.4 is 21.3 Å². The first-order valence-corrected chi connectivity index (χ1v) is 15.5. The van der Waals surface area contributed by atoms with Crippen molar-refractivity contribution in [3.63, 3.8) is 0 Å². The first-order chi connectivity index (χ1) is 24.8. The van der Waals surface area contributed by atoms with E-state index in [1.807, 2.05) is 30.3 Å². The van der Waals surface area contributed by atoms with Gasteiger partial charge in [0, 0.05) is 6.54 Å². The minimum atomic E-state index is -1.13. The molecule has 0 atom stereocenters. The number of amides is 3. The fourth-order valence-corrected chi connectivity index (χ4v) is 4.39. The number of carboxylic acid groups (broad SMARTS) is 1. The van der Waals surface area contributed by atoms with Crippen molar-refractivity contribution in [1.82, 2.24) is 30.2 Å². The van der Waals surface area contributed by atoms with E-state index in [1.54, 1.807) is 60.7 Å². The van der Waals surface area contributed by atoms with Gasteiger partial charge in [-0.1, -0.05) is 91.0 Å². The summed E-state index contributed by atoms with van der Waals surface area (Å²) < 4.78 is 17.1. The van der Waals surface area contributed by atoms with E-state index >= 15 is 0 Å². The Morgan fingerprint density at radius 2 is 1.22 bits per heavy atom. The second kappa shape index (κ2) is 17.9. The van der Waals surface area contributed by atoms with Gasteiger partial charge in [-0.2, -0.15) is 9.97 Å². The van der Waals surface area contributed by atoms with Crippen LogP contribution in [0, 0.1) is 0 Å². The molecular weight excluding hydrogens is 662 g/mol. The molecular formula is C34H33N9O8. The molecule has 51 heavy (non-hydrogen) atoms. The molecule has 0 bridgehead atoms. The predicted molar refractivity (Wildman–Crippen MR) is 184 cm³/mol. The molecule has 0 saturated carbocycles. The molecule has 0 aliphatic rings. The summed E-state index contributed by atoms with van der Waals surface area (Å²) in [6, 6.07) is 27.1. The Morgan fingerprint density at radius 3 is 1.73 bits per heavy atom. The molecule has 0 unspecified atom stereocenters. The SMILES string of the molecule is O=C(O)Cn1cnc2c(NC(=O)OCc3ccccc3)nc(NCCN=C(NC(=O)OCc3ccccc3)NC(=O)OCc3ccccc3)nc21. The fourth-order valence-electron chi connectivity index (χ4n) is 4.39. The van der Waals surface area contributed by atoms with E-state index in [1.165, 1.54) is 10.9 Å². The van der Waals surface area contributed by atoms with Crippen LogP contribution in [0.15, 0.2) is 102 Å². The van der Waals surface area contributed by atoms with Crippen molar-refractivity contribution < 1.29 is 38.5 Å². The molecule has 0 spiro atoms. The van der Waals surface area contributed by atoms with Crippen LogP contribution in [0.3, 0.4) is 0 Å². The molecule has 262 valence electrons. The summed E-state index contributed by atoms with van der Waals surface area (Å²) in [6.45, 7) is -0.465. The number of aromatic nitrogens is 4. The number of hydrogen-bond donors (Lipinski definition) is 5. The van der Waals surface area contributed by atoms with Crippen LogP contribution >= 0.6 is 0 Å². The second-order valence-corrected chi connectivity index (χ2v) is 10.6. The van der Waals surface area contributed by atoms with Gasteiger partial charge in [-0.3, -0.25) is 25.7 Å². The predicted octanol–water partition coefficient (Wildman–Crippen LogP) is 4.28. The minimum Gasteiger partial charge on any atom is -0.480 e. The van der Waals surface area contributed by atoms with Crippen LogP contribution in [0.2, 0.25) is 0 Å². The van der Waals surface area contributed by atoms with Crippen LogP contribution in [0.1, 0.15) is 16.7 Å². The molecule has 17 nitrogen and oxygen atoms in total. The van der Waals surface area contributed by atoms with E-state index in [4.69, 9.17) is 14.2 Å². The lowest BCUT2D eigenvalue weighted by atomic mass is 10.2. The third-order valence-corrected chi connectivity index (χ3v) is 6.73. The molecule has 0 aliphatic heterocycles. The number of alkyl carbamates (subject to hydrolysis) is 2. The number of hydrogen-bond acceptors (Lipinski definition) is 12. The zero-order valence-corrected chi connectivity index (χ0v) is 27.0. The van der Waals surface area contributed by atoms with Crippen molar-refractivity contribution in [1.29, 1.82) is 0 Å². The van der Waals surface area contributed by atoms with E-state index in [2.05, 4.69) is 41.2 Å². The maximum Gasteiger partial charge on any atom is 0.414 e. The van der Waals surface area contributed by atoms with Crippen molar-refractivity contribution in [3.8, 4) is 0 Å². The number of carboxylic acids is 1. The number of aliphatic carboxylic acids is 1. The summed E-state index contributed by atoms with van der Waals surface area (Å²) in [5, 5.41) is 19.6. The number of rotatable bonds is 13. The molecule has 5 aromatic rings. The van der Waals surface area contributed by atoms with Crippen molar-refractivity contribution in [3.05, 3.63) is 114 Å². The number of guanidine groups is 1. The Labute approximate surface area is 290 Å². The largest absolute Gasteiger partial charge is 0.480 e. The number of anilines is 2. The fraction of sp³-hybridized carbons (Fsp3) is 0.176. The Morgan fingerprint density at radius 1 is 0.706 bits per heavy atom. The van der Waals surface area contributed by atoms with E-state index in [-0.39, 0.29) is 61.8 Å².